The lowest BCUT2D eigenvalue weighted by molar-refractivity contribution is 0.574. The van der Waals surface area contributed by atoms with Crippen LogP contribution in [0.3, 0.4) is 0 Å². The molecule has 1 N–H and O–H groups in total. The Bertz CT molecular complexity index is 555. The lowest BCUT2D eigenvalue weighted by atomic mass is 10.1. The van der Waals surface area contributed by atoms with Crippen molar-refractivity contribution in [2.45, 2.75) is 19.5 Å². The van der Waals surface area contributed by atoms with Crippen LogP contribution >= 0.6 is 43.5 Å². The average Bonchev–Trinajstić information content (AvgIpc) is 2.40. The molecule has 0 spiro atoms. The first kappa shape index (κ1) is 15.0. The van der Waals surface area contributed by atoms with E-state index in [9.17, 15) is 0 Å². The number of hydrogen-bond acceptors (Lipinski definition) is 1. The fraction of sp³-hybridized carbons (Fsp3) is 0.200. The van der Waals surface area contributed by atoms with Gasteiger partial charge in [-0.05, 0) is 48.4 Å². The Labute approximate surface area is 135 Å². The van der Waals surface area contributed by atoms with Crippen LogP contribution in [0, 0.1) is 0 Å². The third-order valence-corrected chi connectivity index (χ3v) is 4.37. The summed E-state index contributed by atoms with van der Waals surface area (Å²) >= 11 is 13.1. The summed E-state index contributed by atoms with van der Waals surface area (Å²) in [5.41, 5.74) is 2.36. The Hall–Kier alpha value is -0.350. The topological polar surface area (TPSA) is 12.0 Å². The van der Waals surface area contributed by atoms with Gasteiger partial charge in [-0.1, -0.05) is 55.6 Å². The molecule has 19 heavy (non-hydrogen) atoms. The first-order valence-corrected chi connectivity index (χ1v) is 7.95. The largest absolute Gasteiger partial charge is 0.306 e. The second-order valence-corrected chi connectivity index (χ2v) is 6.63. The van der Waals surface area contributed by atoms with Crippen molar-refractivity contribution in [3.05, 3.63) is 67.6 Å². The monoisotopic (exact) mass is 401 g/mol. The SMILES string of the molecule is CC(NCc1cc(Br)ccc1Cl)c1ccc(Br)cc1. The molecule has 0 aliphatic rings. The third kappa shape index (κ3) is 4.32. The molecular formula is C15H14Br2ClN. The summed E-state index contributed by atoms with van der Waals surface area (Å²) in [5, 5.41) is 4.27. The van der Waals surface area contributed by atoms with E-state index in [1.807, 2.05) is 18.2 Å². The molecule has 1 unspecified atom stereocenters. The summed E-state index contributed by atoms with van der Waals surface area (Å²) in [5.74, 6) is 0. The highest BCUT2D eigenvalue weighted by Crippen LogP contribution is 2.22. The predicted molar refractivity (Wildman–Crippen MR) is 88.5 cm³/mol. The van der Waals surface area contributed by atoms with E-state index < -0.39 is 0 Å². The van der Waals surface area contributed by atoms with Gasteiger partial charge in [-0.15, -0.1) is 0 Å². The van der Waals surface area contributed by atoms with Gasteiger partial charge in [-0.2, -0.15) is 0 Å². The standard InChI is InChI=1S/C15H14Br2ClN/c1-10(11-2-4-13(16)5-3-11)19-9-12-8-14(17)6-7-15(12)18/h2-8,10,19H,9H2,1H3. The van der Waals surface area contributed by atoms with Crippen LogP contribution in [-0.2, 0) is 6.54 Å². The zero-order valence-corrected chi connectivity index (χ0v) is 14.4. The molecule has 2 aromatic rings. The molecule has 0 bridgehead atoms. The lowest BCUT2D eigenvalue weighted by Gasteiger charge is -2.15. The number of nitrogens with one attached hydrogen (secondary N) is 1. The minimum absolute atomic E-state index is 0.281. The summed E-state index contributed by atoms with van der Waals surface area (Å²) in [4.78, 5) is 0. The van der Waals surface area contributed by atoms with Crippen LogP contribution in [0.1, 0.15) is 24.1 Å². The second-order valence-electron chi connectivity index (χ2n) is 4.39. The van der Waals surface area contributed by atoms with E-state index >= 15 is 0 Å². The molecule has 0 saturated carbocycles. The van der Waals surface area contributed by atoms with Gasteiger partial charge in [-0.25, -0.2) is 0 Å². The van der Waals surface area contributed by atoms with E-state index in [4.69, 9.17) is 11.6 Å². The van der Waals surface area contributed by atoms with Crippen LogP contribution in [0.4, 0.5) is 0 Å². The average molecular weight is 404 g/mol. The highest BCUT2D eigenvalue weighted by atomic mass is 79.9. The minimum atomic E-state index is 0.281. The van der Waals surface area contributed by atoms with Gasteiger partial charge >= 0.3 is 0 Å². The molecule has 0 fully saturated rings. The summed E-state index contributed by atoms with van der Waals surface area (Å²) in [7, 11) is 0. The van der Waals surface area contributed by atoms with E-state index in [-0.39, 0.29) is 6.04 Å². The third-order valence-electron chi connectivity index (χ3n) is 2.98. The van der Waals surface area contributed by atoms with Gasteiger partial charge in [0.25, 0.3) is 0 Å². The van der Waals surface area contributed by atoms with Crippen LogP contribution in [0.25, 0.3) is 0 Å². The van der Waals surface area contributed by atoms with Gasteiger partial charge in [0.15, 0.2) is 0 Å². The molecule has 0 aliphatic heterocycles. The molecule has 0 heterocycles. The Balaban J connectivity index is 2.02. The minimum Gasteiger partial charge on any atom is -0.306 e. The zero-order chi connectivity index (χ0) is 13.8. The van der Waals surface area contributed by atoms with Crippen molar-refractivity contribution in [2.24, 2.45) is 0 Å². The van der Waals surface area contributed by atoms with E-state index in [2.05, 4.69) is 68.4 Å². The molecule has 1 nitrogen and oxygen atoms in total. The summed E-state index contributed by atoms with van der Waals surface area (Å²) < 4.78 is 2.14. The van der Waals surface area contributed by atoms with E-state index in [0.29, 0.717) is 0 Å². The molecule has 1 atom stereocenters. The number of hydrogen-bond donors (Lipinski definition) is 1. The Morgan fingerprint density at radius 1 is 1.05 bits per heavy atom. The number of benzene rings is 2. The molecule has 0 amide bonds. The maximum absolute atomic E-state index is 6.18. The van der Waals surface area contributed by atoms with Crippen LogP contribution in [0.5, 0.6) is 0 Å². The molecule has 4 heteroatoms. The van der Waals surface area contributed by atoms with Crippen molar-refractivity contribution < 1.29 is 0 Å². The van der Waals surface area contributed by atoms with Crippen LogP contribution in [0.2, 0.25) is 5.02 Å². The lowest BCUT2D eigenvalue weighted by Crippen LogP contribution is -2.18. The highest BCUT2D eigenvalue weighted by Gasteiger charge is 2.06. The van der Waals surface area contributed by atoms with Crippen LogP contribution < -0.4 is 5.32 Å². The Morgan fingerprint density at radius 2 is 1.68 bits per heavy atom. The molecule has 2 rings (SSSR count). The molecule has 0 radical (unpaired) electrons. The van der Waals surface area contributed by atoms with Crippen molar-refractivity contribution in [2.75, 3.05) is 0 Å². The van der Waals surface area contributed by atoms with Crippen molar-refractivity contribution in [3.63, 3.8) is 0 Å². The maximum atomic E-state index is 6.18. The summed E-state index contributed by atoms with van der Waals surface area (Å²) in [6.45, 7) is 2.89. The Morgan fingerprint density at radius 3 is 2.37 bits per heavy atom. The van der Waals surface area contributed by atoms with E-state index in [1.54, 1.807) is 0 Å². The zero-order valence-electron chi connectivity index (χ0n) is 10.5. The molecular weight excluding hydrogens is 389 g/mol. The highest BCUT2D eigenvalue weighted by molar-refractivity contribution is 9.10. The van der Waals surface area contributed by atoms with Crippen LogP contribution in [-0.4, -0.2) is 0 Å². The fourth-order valence-electron chi connectivity index (χ4n) is 1.81. The van der Waals surface area contributed by atoms with Gasteiger partial charge in [0.1, 0.15) is 0 Å². The van der Waals surface area contributed by atoms with Crippen molar-refractivity contribution in [1.82, 2.24) is 5.32 Å². The molecule has 0 saturated heterocycles. The number of halogens is 3. The molecule has 100 valence electrons. The van der Waals surface area contributed by atoms with Gasteiger partial charge < -0.3 is 5.32 Å². The smallest absolute Gasteiger partial charge is 0.0451 e. The van der Waals surface area contributed by atoms with Gasteiger partial charge in [0, 0.05) is 26.6 Å². The fourth-order valence-corrected chi connectivity index (χ4v) is 2.67. The molecule has 0 aliphatic carbocycles. The molecule has 2 aromatic carbocycles. The van der Waals surface area contributed by atoms with Crippen molar-refractivity contribution in [1.29, 1.82) is 0 Å². The van der Waals surface area contributed by atoms with Gasteiger partial charge in [0.2, 0.25) is 0 Å². The first-order valence-electron chi connectivity index (χ1n) is 5.99. The van der Waals surface area contributed by atoms with Crippen molar-refractivity contribution >= 4 is 43.5 Å². The van der Waals surface area contributed by atoms with Gasteiger partial charge in [-0.3, -0.25) is 0 Å². The quantitative estimate of drug-likeness (QED) is 0.689. The normalized spacial score (nSPS) is 12.4. The number of rotatable bonds is 4. The maximum Gasteiger partial charge on any atom is 0.0451 e. The predicted octanol–water partition coefficient (Wildman–Crippen LogP) is 5.72. The van der Waals surface area contributed by atoms with E-state index in [1.165, 1.54) is 5.56 Å². The van der Waals surface area contributed by atoms with E-state index in [0.717, 1.165) is 26.1 Å². The molecule has 0 aromatic heterocycles. The second kappa shape index (κ2) is 6.89. The first-order chi connectivity index (χ1) is 9.06. The van der Waals surface area contributed by atoms with Crippen molar-refractivity contribution in [3.8, 4) is 0 Å². The Kier molecular flexibility index (Phi) is 5.46. The van der Waals surface area contributed by atoms with Crippen LogP contribution in [0.15, 0.2) is 51.4 Å². The van der Waals surface area contributed by atoms with Gasteiger partial charge in [0.05, 0.1) is 0 Å². The summed E-state index contributed by atoms with van der Waals surface area (Å²) in [6, 6.07) is 14.5. The summed E-state index contributed by atoms with van der Waals surface area (Å²) in [6.07, 6.45) is 0.